The first-order chi connectivity index (χ1) is 13.2. The Labute approximate surface area is 170 Å². The van der Waals surface area contributed by atoms with Gasteiger partial charge in [-0.2, -0.15) is 0 Å². The molecule has 4 rings (SSSR count). The number of para-hydroxylation sites is 1. The lowest BCUT2D eigenvalue weighted by molar-refractivity contribution is 0.749. The van der Waals surface area contributed by atoms with E-state index in [1.807, 2.05) is 36.4 Å². The quantitative estimate of drug-likeness (QED) is 0.309. The zero-order valence-electron chi connectivity index (χ0n) is 14.9. The van der Waals surface area contributed by atoms with Gasteiger partial charge >= 0.3 is 0 Å². The lowest BCUT2D eigenvalue weighted by Gasteiger charge is -2.07. The molecule has 5 nitrogen and oxygen atoms in total. The van der Waals surface area contributed by atoms with Crippen LogP contribution in [0.25, 0.3) is 22.3 Å². The standard InChI is InChI=1S/C19H17N5S3/c1-12(2)11-25-18-23-24-19(27-18)26-17-14-7-3-4-8-15(14)21-16(22-17)13-6-5-9-20-10-13/h3-10,12H,11H2,1-2H3. The van der Waals surface area contributed by atoms with E-state index in [1.165, 1.54) is 0 Å². The lowest BCUT2D eigenvalue weighted by Crippen LogP contribution is -1.94. The predicted octanol–water partition coefficient (Wildman–Crippen LogP) is 5.44. The monoisotopic (exact) mass is 411 g/mol. The molecule has 0 aliphatic rings. The van der Waals surface area contributed by atoms with Crippen LogP contribution in [0.3, 0.4) is 0 Å². The molecule has 0 bridgehead atoms. The SMILES string of the molecule is CC(C)CSc1nnc(Sc2nc(-c3cccnc3)nc3ccccc23)s1. The summed E-state index contributed by atoms with van der Waals surface area (Å²) in [6.07, 6.45) is 3.53. The maximum absolute atomic E-state index is 4.79. The van der Waals surface area contributed by atoms with Crippen LogP contribution in [0, 0.1) is 5.92 Å². The summed E-state index contributed by atoms with van der Waals surface area (Å²) in [5.41, 5.74) is 1.81. The Bertz CT molecular complexity index is 1050. The number of rotatable bonds is 6. The summed E-state index contributed by atoms with van der Waals surface area (Å²) in [6, 6.07) is 11.9. The van der Waals surface area contributed by atoms with E-state index in [1.54, 1.807) is 47.3 Å². The Morgan fingerprint density at radius 2 is 1.85 bits per heavy atom. The molecule has 0 fully saturated rings. The molecule has 136 valence electrons. The lowest BCUT2D eigenvalue weighted by atomic mass is 10.2. The first-order valence-corrected chi connectivity index (χ1v) is 11.1. The van der Waals surface area contributed by atoms with Crippen molar-refractivity contribution in [1.29, 1.82) is 0 Å². The summed E-state index contributed by atoms with van der Waals surface area (Å²) in [5.74, 6) is 2.34. The molecule has 0 radical (unpaired) electrons. The fraction of sp³-hybridized carbons (Fsp3) is 0.211. The maximum atomic E-state index is 4.79. The van der Waals surface area contributed by atoms with Crippen LogP contribution < -0.4 is 0 Å². The minimum atomic E-state index is 0.628. The summed E-state index contributed by atoms with van der Waals surface area (Å²) in [6.45, 7) is 4.41. The van der Waals surface area contributed by atoms with Gasteiger partial charge in [0.15, 0.2) is 14.5 Å². The molecule has 0 aliphatic carbocycles. The van der Waals surface area contributed by atoms with Crippen molar-refractivity contribution in [3.8, 4) is 11.4 Å². The Balaban J connectivity index is 1.68. The molecule has 0 N–H and O–H groups in total. The minimum Gasteiger partial charge on any atom is -0.264 e. The molecule has 0 atom stereocenters. The van der Waals surface area contributed by atoms with Gasteiger partial charge in [-0.3, -0.25) is 4.98 Å². The average Bonchev–Trinajstić information content (AvgIpc) is 3.14. The molecule has 0 saturated carbocycles. The topological polar surface area (TPSA) is 64.5 Å². The number of hydrogen-bond acceptors (Lipinski definition) is 8. The molecule has 0 aliphatic heterocycles. The summed E-state index contributed by atoms with van der Waals surface area (Å²) in [5, 5.41) is 10.5. The zero-order chi connectivity index (χ0) is 18.6. The van der Waals surface area contributed by atoms with E-state index in [2.05, 4.69) is 29.0 Å². The Morgan fingerprint density at radius 3 is 2.67 bits per heavy atom. The highest BCUT2D eigenvalue weighted by atomic mass is 32.2. The normalized spacial score (nSPS) is 11.4. The second-order valence-electron chi connectivity index (χ2n) is 6.25. The van der Waals surface area contributed by atoms with Gasteiger partial charge in [-0.15, -0.1) is 10.2 Å². The van der Waals surface area contributed by atoms with Crippen molar-refractivity contribution in [1.82, 2.24) is 25.1 Å². The molecule has 0 spiro atoms. The van der Waals surface area contributed by atoms with Gasteiger partial charge in [-0.05, 0) is 35.9 Å². The molecule has 8 heteroatoms. The van der Waals surface area contributed by atoms with E-state index in [0.29, 0.717) is 11.7 Å². The number of fused-ring (bicyclic) bond motifs is 1. The number of thioether (sulfide) groups is 1. The van der Waals surface area contributed by atoms with Gasteiger partial charge in [0.2, 0.25) is 0 Å². The van der Waals surface area contributed by atoms with Crippen molar-refractivity contribution in [3.63, 3.8) is 0 Å². The third kappa shape index (κ3) is 4.45. The Hall–Kier alpha value is -2.03. The van der Waals surface area contributed by atoms with E-state index in [0.717, 1.165) is 35.9 Å². The van der Waals surface area contributed by atoms with E-state index in [9.17, 15) is 0 Å². The number of pyridine rings is 1. The molecule has 4 aromatic rings. The largest absolute Gasteiger partial charge is 0.264 e. The molecular formula is C19H17N5S3. The van der Waals surface area contributed by atoms with Crippen LogP contribution in [0.1, 0.15) is 13.8 Å². The zero-order valence-corrected chi connectivity index (χ0v) is 17.3. The second kappa shape index (κ2) is 8.33. The Kier molecular flexibility index (Phi) is 5.66. The van der Waals surface area contributed by atoms with Crippen LogP contribution >= 0.6 is 34.9 Å². The molecule has 3 aromatic heterocycles. The average molecular weight is 412 g/mol. The Morgan fingerprint density at radius 1 is 1.00 bits per heavy atom. The van der Waals surface area contributed by atoms with Crippen molar-refractivity contribution in [2.24, 2.45) is 5.92 Å². The van der Waals surface area contributed by atoms with E-state index in [4.69, 9.17) is 9.97 Å². The van der Waals surface area contributed by atoms with Crippen molar-refractivity contribution in [2.45, 2.75) is 27.6 Å². The summed E-state index contributed by atoms with van der Waals surface area (Å²) < 4.78 is 1.89. The first-order valence-electron chi connectivity index (χ1n) is 8.50. The molecule has 0 saturated heterocycles. The van der Waals surface area contributed by atoms with Crippen LogP contribution in [0.4, 0.5) is 0 Å². The van der Waals surface area contributed by atoms with Crippen LogP contribution in [0.2, 0.25) is 0 Å². The van der Waals surface area contributed by atoms with Crippen molar-refractivity contribution >= 4 is 45.8 Å². The van der Waals surface area contributed by atoms with Crippen LogP contribution in [0.15, 0.2) is 62.5 Å². The molecule has 0 amide bonds. The van der Waals surface area contributed by atoms with Gasteiger partial charge in [0.05, 0.1) is 5.52 Å². The first kappa shape index (κ1) is 18.3. The van der Waals surface area contributed by atoms with Gasteiger partial charge in [0.25, 0.3) is 0 Å². The van der Waals surface area contributed by atoms with Gasteiger partial charge in [-0.1, -0.05) is 55.1 Å². The molecule has 3 heterocycles. The highest BCUT2D eigenvalue weighted by Crippen LogP contribution is 2.36. The van der Waals surface area contributed by atoms with Crippen LogP contribution in [-0.4, -0.2) is 30.9 Å². The third-order valence-electron chi connectivity index (χ3n) is 3.60. The maximum Gasteiger partial charge on any atom is 0.181 e. The van der Waals surface area contributed by atoms with Crippen LogP contribution in [-0.2, 0) is 0 Å². The predicted molar refractivity (Wildman–Crippen MR) is 112 cm³/mol. The second-order valence-corrected chi connectivity index (χ2v) is 9.73. The fourth-order valence-corrected chi connectivity index (χ4v) is 5.39. The number of nitrogens with zero attached hydrogens (tertiary/aromatic N) is 5. The van der Waals surface area contributed by atoms with Crippen molar-refractivity contribution in [2.75, 3.05) is 5.75 Å². The van der Waals surface area contributed by atoms with Gasteiger partial charge in [-0.25, -0.2) is 9.97 Å². The number of hydrogen-bond donors (Lipinski definition) is 0. The fourth-order valence-electron chi connectivity index (χ4n) is 2.37. The summed E-state index contributed by atoms with van der Waals surface area (Å²) in [7, 11) is 0. The summed E-state index contributed by atoms with van der Waals surface area (Å²) in [4.78, 5) is 13.7. The van der Waals surface area contributed by atoms with Gasteiger partial charge in [0.1, 0.15) is 5.03 Å². The number of aromatic nitrogens is 5. The highest BCUT2D eigenvalue weighted by molar-refractivity contribution is 8.03. The van der Waals surface area contributed by atoms with E-state index in [-0.39, 0.29) is 0 Å². The van der Waals surface area contributed by atoms with E-state index >= 15 is 0 Å². The third-order valence-corrected chi connectivity index (χ3v) is 7.14. The van der Waals surface area contributed by atoms with Crippen LogP contribution in [0.5, 0.6) is 0 Å². The van der Waals surface area contributed by atoms with Gasteiger partial charge in [0, 0.05) is 29.1 Å². The van der Waals surface area contributed by atoms with Crippen molar-refractivity contribution in [3.05, 3.63) is 48.8 Å². The molecule has 0 unspecified atom stereocenters. The minimum absolute atomic E-state index is 0.628. The molecule has 1 aromatic carbocycles. The van der Waals surface area contributed by atoms with Crippen molar-refractivity contribution < 1.29 is 0 Å². The highest BCUT2D eigenvalue weighted by Gasteiger charge is 2.14. The van der Waals surface area contributed by atoms with E-state index < -0.39 is 0 Å². The van der Waals surface area contributed by atoms with Gasteiger partial charge < -0.3 is 0 Å². The summed E-state index contributed by atoms with van der Waals surface area (Å²) >= 11 is 4.91. The molecule has 27 heavy (non-hydrogen) atoms. The smallest absolute Gasteiger partial charge is 0.181 e. The molecular weight excluding hydrogens is 394 g/mol. The number of benzene rings is 1.